The van der Waals surface area contributed by atoms with Gasteiger partial charge in [-0.1, -0.05) is 18.2 Å². The lowest BCUT2D eigenvalue weighted by atomic mass is 10.0. The molecule has 2 N–H and O–H groups in total. The molecule has 8 heteroatoms. The summed E-state index contributed by atoms with van der Waals surface area (Å²) in [5.74, 6) is 0. The van der Waals surface area contributed by atoms with Gasteiger partial charge < -0.3 is 0 Å². The van der Waals surface area contributed by atoms with Crippen LogP contribution in [0.1, 0.15) is 5.56 Å². The van der Waals surface area contributed by atoms with Gasteiger partial charge in [0.2, 0.25) is 10.0 Å². The molecule has 0 amide bonds. The fraction of sp³-hybridized carbons (Fsp3) is 0. The van der Waals surface area contributed by atoms with Crippen molar-refractivity contribution < 1.29 is 8.42 Å². The van der Waals surface area contributed by atoms with Gasteiger partial charge in [-0.25, -0.2) is 23.5 Å². The molecular formula is C20H13N5O2S. The van der Waals surface area contributed by atoms with Crippen molar-refractivity contribution in [3.8, 4) is 28.5 Å². The van der Waals surface area contributed by atoms with Crippen LogP contribution in [0.2, 0.25) is 0 Å². The van der Waals surface area contributed by atoms with Crippen molar-refractivity contribution in [2.45, 2.75) is 4.90 Å². The Bertz CT molecular complexity index is 1360. The fourth-order valence-corrected chi connectivity index (χ4v) is 3.43. The van der Waals surface area contributed by atoms with Crippen molar-refractivity contribution in [1.82, 2.24) is 15.0 Å². The predicted molar refractivity (Wildman–Crippen MR) is 104 cm³/mol. The number of hydrogen-bond donors (Lipinski definition) is 1. The lowest BCUT2D eigenvalue weighted by molar-refractivity contribution is 0.597. The molecule has 0 atom stereocenters. The number of nitrogens with two attached hydrogens (primary N) is 1. The Labute approximate surface area is 161 Å². The van der Waals surface area contributed by atoms with Crippen molar-refractivity contribution >= 4 is 20.9 Å². The molecule has 0 radical (unpaired) electrons. The number of aromatic nitrogens is 3. The van der Waals surface area contributed by atoms with E-state index in [1.807, 2.05) is 24.3 Å². The van der Waals surface area contributed by atoms with Crippen molar-refractivity contribution in [3.05, 3.63) is 72.8 Å². The van der Waals surface area contributed by atoms with Gasteiger partial charge in [-0.2, -0.15) is 5.26 Å². The Morgan fingerprint density at radius 2 is 1.79 bits per heavy atom. The summed E-state index contributed by atoms with van der Waals surface area (Å²) in [6.07, 6.45) is 4.25. The number of benzene rings is 2. The summed E-state index contributed by atoms with van der Waals surface area (Å²) >= 11 is 0. The van der Waals surface area contributed by atoms with Crippen LogP contribution in [0.3, 0.4) is 0 Å². The monoisotopic (exact) mass is 387 g/mol. The van der Waals surface area contributed by atoms with Gasteiger partial charge in [-0.05, 0) is 35.9 Å². The fourth-order valence-electron chi connectivity index (χ4n) is 2.93. The van der Waals surface area contributed by atoms with Gasteiger partial charge in [0.1, 0.15) is 11.2 Å². The first kappa shape index (κ1) is 17.7. The molecule has 28 heavy (non-hydrogen) atoms. The third-order valence-electron chi connectivity index (χ3n) is 4.28. The Kier molecular flexibility index (Phi) is 4.31. The highest BCUT2D eigenvalue weighted by Gasteiger charge is 2.12. The van der Waals surface area contributed by atoms with Crippen molar-refractivity contribution in [2.24, 2.45) is 5.14 Å². The van der Waals surface area contributed by atoms with E-state index in [0.29, 0.717) is 16.8 Å². The van der Waals surface area contributed by atoms with E-state index in [0.717, 1.165) is 22.0 Å². The first-order valence-corrected chi connectivity index (χ1v) is 9.74. The third-order valence-corrected chi connectivity index (χ3v) is 5.16. The van der Waals surface area contributed by atoms with E-state index in [1.165, 1.54) is 18.6 Å². The Morgan fingerprint density at radius 3 is 2.57 bits per heavy atom. The largest absolute Gasteiger partial charge is 0.263 e. The topological polar surface area (TPSA) is 123 Å². The Morgan fingerprint density at radius 1 is 0.929 bits per heavy atom. The zero-order chi connectivity index (χ0) is 19.7. The maximum Gasteiger partial charge on any atom is 0.239 e. The number of nitriles is 1. The highest BCUT2D eigenvalue weighted by molar-refractivity contribution is 7.89. The average Bonchev–Trinajstić information content (AvgIpc) is 2.72. The van der Waals surface area contributed by atoms with E-state index in [4.69, 9.17) is 10.4 Å². The molecule has 2 aromatic carbocycles. The van der Waals surface area contributed by atoms with Crippen LogP contribution in [0.15, 0.2) is 72.1 Å². The van der Waals surface area contributed by atoms with Gasteiger partial charge in [0.15, 0.2) is 0 Å². The van der Waals surface area contributed by atoms with Gasteiger partial charge in [0, 0.05) is 28.9 Å². The van der Waals surface area contributed by atoms with Gasteiger partial charge in [-0.3, -0.25) is 4.98 Å². The van der Waals surface area contributed by atoms with Crippen LogP contribution in [0.5, 0.6) is 0 Å². The van der Waals surface area contributed by atoms with E-state index in [2.05, 4.69) is 21.0 Å². The van der Waals surface area contributed by atoms with Gasteiger partial charge in [-0.15, -0.1) is 0 Å². The molecule has 0 saturated carbocycles. The lowest BCUT2D eigenvalue weighted by Crippen LogP contribution is -2.12. The van der Waals surface area contributed by atoms with Gasteiger partial charge in [0.25, 0.3) is 0 Å². The predicted octanol–water partition coefficient (Wildman–Crippen LogP) is 2.88. The minimum atomic E-state index is -3.85. The quantitative estimate of drug-likeness (QED) is 0.577. The minimum absolute atomic E-state index is 0.0589. The molecule has 2 heterocycles. The van der Waals surface area contributed by atoms with Crippen molar-refractivity contribution in [2.75, 3.05) is 0 Å². The summed E-state index contributed by atoms with van der Waals surface area (Å²) < 4.78 is 23.2. The number of fused-ring (bicyclic) bond motifs is 1. The SMILES string of the molecule is N#Cc1cccc(-c2ncnc3ccc(-c4cncc(S(N)(=O)=O)c4)cc23)c1. The molecule has 4 rings (SSSR count). The van der Waals surface area contributed by atoms with E-state index in [9.17, 15) is 8.42 Å². The number of pyridine rings is 1. The van der Waals surface area contributed by atoms with E-state index in [-0.39, 0.29) is 4.90 Å². The summed E-state index contributed by atoms with van der Waals surface area (Å²) in [4.78, 5) is 12.6. The molecule has 0 saturated heterocycles. The summed E-state index contributed by atoms with van der Waals surface area (Å²) in [7, 11) is -3.85. The van der Waals surface area contributed by atoms with Crippen LogP contribution in [0.25, 0.3) is 33.3 Å². The molecule has 2 aromatic heterocycles. The molecule has 0 spiro atoms. The number of sulfonamides is 1. The molecule has 4 aromatic rings. The van der Waals surface area contributed by atoms with Crippen LogP contribution in [-0.4, -0.2) is 23.4 Å². The second kappa shape index (κ2) is 6.81. The van der Waals surface area contributed by atoms with Crippen molar-refractivity contribution in [1.29, 1.82) is 5.26 Å². The van der Waals surface area contributed by atoms with Crippen LogP contribution in [-0.2, 0) is 10.0 Å². The van der Waals surface area contributed by atoms with Gasteiger partial charge >= 0.3 is 0 Å². The number of primary sulfonamides is 1. The Balaban J connectivity index is 1.91. The first-order valence-electron chi connectivity index (χ1n) is 8.19. The Hall–Kier alpha value is -3.67. The maximum absolute atomic E-state index is 11.6. The molecule has 0 aliphatic rings. The summed E-state index contributed by atoms with van der Waals surface area (Å²) in [6, 6.07) is 16.3. The molecule has 0 fully saturated rings. The number of hydrogen-bond acceptors (Lipinski definition) is 6. The second-order valence-electron chi connectivity index (χ2n) is 6.10. The van der Waals surface area contributed by atoms with Crippen molar-refractivity contribution in [3.63, 3.8) is 0 Å². The van der Waals surface area contributed by atoms with Gasteiger partial charge in [0.05, 0.1) is 22.8 Å². The van der Waals surface area contributed by atoms with E-state index in [1.54, 1.807) is 24.4 Å². The zero-order valence-corrected chi connectivity index (χ0v) is 15.3. The first-order chi connectivity index (χ1) is 13.5. The number of nitrogens with zero attached hydrogens (tertiary/aromatic N) is 4. The molecule has 0 aliphatic carbocycles. The standard InChI is InChI=1S/C20H13N5O2S/c21-9-13-2-1-3-15(6-13)20-18-8-14(4-5-19(18)24-12-25-20)16-7-17(11-23-10-16)28(22,26)27/h1-8,10-12H,(H2,22,26,27). The van der Waals surface area contributed by atoms with E-state index >= 15 is 0 Å². The molecule has 136 valence electrons. The summed E-state index contributed by atoms with van der Waals surface area (Å²) in [5, 5.41) is 15.1. The molecule has 7 nitrogen and oxygen atoms in total. The van der Waals surface area contributed by atoms with Crippen LogP contribution >= 0.6 is 0 Å². The van der Waals surface area contributed by atoms with Crippen LogP contribution in [0, 0.1) is 11.3 Å². The summed E-state index contributed by atoms with van der Waals surface area (Å²) in [5.41, 5.74) is 4.09. The van der Waals surface area contributed by atoms with Crippen LogP contribution in [0.4, 0.5) is 0 Å². The molecule has 0 bridgehead atoms. The highest BCUT2D eigenvalue weighted by Crippen LogP contribution is 2.30. The second-order valence-corrected chi connectivity index (χ2v) is 7.66. The lowest BCUT2D eigenvalue weighted by Gasteiger charge is -2.09. The maximum atomic E-state index is 11.6. The van der Waals surface area contributed by atoms with E-state index < -0.39 is 10.0 Å². The third kappa shape index (κ3) is 3.32. The average molecular weight is 387 g/mol. The molecule has 0 aliphatic heterocycles. The summed E-state index contributed by atoms with van der Waals surface area (Å²) in [6.45, 7) is 0. The highest BCUT2D eigenvalue weighted by atomic mass is 32.2. The minimum Gasteiger partial charge on any atom is -0.263 e. The zero-order valence-electron chi connectivity index (χ0n) is 14.4. The normalized spacial score (nSPS) is 11.3. The molecular weight excluding hydrogens is 374 g/mol. The number of rotatable bonds is 3. The van der Waals surface area contributed by atoms with Crippen LogP contribution < -0.4 is 5.14 Å². The molecule has 0 unspecified atom stereocenters. The smallest absolute Gasteiger partial charge is 0.239 e.